The van der Waals surface area contributed by atoms with Crippen molar-refractivity contribution in [1.82, 2.24) is 19.9 Å². The number of aromatic nitrogens is 3. The van der Waals surface area contributed by atoms with Gasteiger partial charge in [-0.2, -0.15) is 0 Å². The van der Waals surface area contributed by atoms with E-state index < -0.39 is 0 Å². The van der Waals surface area contributed by atoms with Gasteiger partial charge in [0.05, 0.1) is 11.4 Å². The smallest absolute Gasteiger partial charge is 0.196 e. The van der Waals surface area contributed by atoms with Crippen LogP contribution in [0.3, 0.4) is 0 Å². The molecule has 0 N–H and O–H groups in total. The zero-order valence-corrected chi connectivity index (χ0v) is 12.6. The first-order valence-electron chi connectivity index (χ1n) is 6.95. The Kier molecular flexibility index (Phi) is 4.84. The third-order valence-corrected chi connectivity index (χ3v) is 3.35. The van der Waals surface area contributed by atoms with E-state index in [1.54, 1.807) is 18.7 Å². The minimum absolute atomic E-state index is 0.325. The molecule has 0 aromatic carbocycles. The molecule has 0 saturated carbocycles. The van der Waals surface area contributed by atoms with Crippen LogP contribution in [-0.4, -0.2) is 32.9 Å². The van der Waals surface area contributed by atoms with Crippen molar-refractivity contribution in [3.8, 4) is 0 Å². The summed E-state index contributed by atoms with van der Waals surface area (Å²) in [6.45, 7) is 7.11. The number of likely N-dealkylation sites (N-methyl/N-ethyl adjacent to an activating group) is 1. The lowest BCUT2D eigenvalue weighted by molar-refractivity contribution is 0.244. The number of hydrogen-bond donors (Lipinski definition) is 0. The molecule has 0 amide bonds. The quantitative estimate of drug-likeness (QED) is 0.810. The van der Waals surface area contributed by atoms with Gasteiger partial charge < -0.3 is 4.42 Å². The summed E-state index contributed by atoms with van der Waals surface area (Å²) in [6.07, 6.45) is 7.87. The Labute approximate surface area is 120 Å². The van der Waals surface area contributed by atoms with Crippen molar-refractivity contribution in [3.05, 3.63) is 42.1 Å². The molecule has 0 aliphatic rings. The standard InChI is InChI=1S/C15H22N4O/c1-11(2)15-18-14(10-20-15)9-19(4)12(3)7-13-8-16-5-6-17-13/h5-6,8,10-12H,7,9H2,1-4H3. The van der Waals surface area contributed by atoms with E-state index in [9.17, 15) is 0 Å². The highest BCUT2D eigenvalue weighted by Crippen LogP contribution is 2.15. The topological polar surface area (TPSA) is 55.1 Å². The third-order valence-electron chi connectivity index (χ3n) is 3.35. The molecule has 0 spiro atoms. The first kappa shape index (κ1) is 14.7. The Morgan fingerprint density at radius 1 is 1.20 bits per heavy atom. The Morgan fingerprint density at radius 3 is 2.60 bits per heavy atom. The monoisotopic (exact) mass is 274 g/mol. The predicted molar refractivity (Wildman–Crippen MR) is 77.3 cm³/mol. The zero-order valence-electron chi connectivity index (χ0n) is 12.6. The Balaban J connectivity index is 1.91. The number of nitrogens with zero attached hydrogens (tertiary/aromatic N) is 4. The van der Waals surface area contributed by atoms with Gasteiger partial charge in [0.25, 0.3) is 0 Å². The molecule has 5 nitrogen and oxygen atoms in total. The van der Waals surface area contributed by atoms with Crippen LogP contribution in [0.5, 0.6) is 0 Å². The minimum Gasteiger partial charge on any atom is -0.448 e. The highest BCUT2D eigenvalue weighted by atomic mass is 16.3. The van der Waals surface area contributed by atoms with Gasteiger partial charge in [-0.3, -0.25) is 14.9 Å². The van der Waals surface area contributed by atoms with Crippen molar-refractivity contribution in [1.29, 1.82) is 0 Å². The van der Waals surface area contributed by atoms with Crippen molar-refractivity contribution < 1.29 is 4.42 Å². The van der Waals surface area contributed by atoms with Gasteiger partial charge in [-0.15, -0.1) is 0 Å². The fourth-order valence-electron chi connectivity index (χ4n) is 1.97. The molecule has 0 saturated heterocycles. The van der Waals surface area contributed by atoms with Crippen LogP contribution < -0.4 is 0 Å². The van der Waals surface area contributed by atoms with Gasteiger partial charge in [-0.05, 0) is 14.0 Å². The average Bonchev–Trinajstić information content (AvgIpc) is 2.88. The zero-order chi connectivity index (χ0) is 14.5. The van der Waals surface area contributed by atoms with E-state index in [2.05, 4.69) is 47.7 Å². The molecule has 1 atom stereocenters. The van der Waals surface area contributed by atoms with Crippen LogP contribution in [0.2, 0.25) is 0 Å². The molecule has 0 aliphatic carbocycles. The van der Waals surface area contributed by atoms with Gasteiger partial charge in [0.15, 0.2) is 5.89 Å². The first-order chi connectivity index (χ1) is 9.56. The first-order valence-corrected chi connectivity index (χ1v) is 6.95. The third kappa shape index (κ3) is 3.87. The normalized spacial score (nSPS) is 13.1. The highest BCUT2D eigenvalue weighted by molar-refractivity contribution is 5.01. The van der Waals surface area contributed by atoms with Gasteiger partial charge >= 0.3 is 0 Å². The van der Waals surface area contributed by atoms with Gasteiger partial charge in [0, 0.05) is 43.5 Å². The maximum absolute atomic E-state index is 5.46. The van der Waals surface area contributed by atoms with Gasteiger partial charge in [-0.1, -0.05) is 13.8 Å². The number of rotatable bonds is 6. The van der Waals surface area contributed by atoms with Crippen LogP contribution in [0.25, 0.3) is 0 Å². The van der Waals surface area contributed by atoms with Crippen molar-refractivity contribution in [2.24, 2.45) is 0 Å². The molecule has 0 aliphatic heterocycles. The molecule has 108 valence electrons. The minimum atomic E-state index is 0.325. The van der Waals surface area contributed by atoms with Crippen LogP contribution in [0, 0.1) is 0 Å². The van der Waals surface area contributed by atoms with Gasteiger partial charge in [-0.25, -0.2) is 4.98 Å². The molecule has 0 fully saturated rings. The van der Waals surface area contributed by atoms with E-state index in [4.69, 9.17) is 4.42 Å². The molecule has 2 rings (SSSR count). The molecule has 20 heavy (non-hydrogen) atoms. The second kappa shape index (κ2) is 6.61. The summed E-state index contributed by atoms with van der Waals surface area (Å²) >= 11 is 0. The molecular formula is C15H22N4O. The summed E-state index contributed by atoms with van der Waals surface area (Å²) in [4.78, 5) is 15.2. The molecule has 0 bridgehead atoms. The molecule has 2 aromatic heterocycles. The van der Waals surface area contributed by atoms with Crippen LogP contribution in [0.4, 0.5) is 0 Å². The van der Waals surface area contributed by atoms with Crippen molar-refractivity contribution in [3.63, 3.8) is 0 Å². The number of hydrogen-bond acceptors (Lipinski definition) is 5. The Morgan fingerprint density at radius 2 is 2.00 bits per heavy atom. The summed E-state index contributed by atoms with van der Waals surface area (Å²) in [5.41, 5.74) is 1.98. The van der Waals surface area contributed by atoms with Gasteiger partial charge in [0.1, 0.15) is 6.26 Å². The molecular weight excluding hydrogens is 252 g/mol. The summed E-state index contributed by atoms with van der Waals surface area (Å²) in [5, 5.41) is 0. The van der Waals surface area contributed by atoms with Crippen molar-refractivity contribution >= 4 is 0 Å². The van der Waals surface area contributed by atoms with Crippen LogP contribution in [0.15, 0.2) is 29.3 Å². The Hall–Kier alpha value is -1.75. The molecule has 1 unspecified atom stereocenters. The fourth-order valence-corrected chi connectivity index (χ4v) is 1.97. The van der Waals surface area contributed by atoms with Crippen molar-refractivity contribution in [2.75, 3.05) is 7.05 Å². The van der Waals surface area contributed by atoms with E-state index in [1.807, 2.05) is 6.20 Å². The van der Waals surface area contributed by atoms with E-state index in [-0.39, 0.29) is 0 Å². The maximum atomic E-state index is 5.46. The van der Waals surface area contributed by atoms with Gasteiger partial charge in [0.2, 0.25) is 0 Å². The summed E-state index contributed by atoms with van der Waals surface area (Å²) < 4.78 is 5.46. The summed E-state index contributed by atoms with van der Waals surface area (Å²) in [6, 6.07) is 0.367. The second-order valence-corrected chi connectivity index (χ2v) is 5.50. The lowest BCUT2D eigenvalue weighted by atomic mass is 10.1. The molecule has 2 aromatic rings. The maximum Gasteiger partial charge on any atom is 0.196 e. The van der Waals surface area contributed by atoms with E-state index in [0.29, 0.717) is 12.0 Å². The highest BCUT2D eigenvalue weighted by Gasteiger charge is 2.14. The van der Waals surface area contributed by atoms with E-state index >= 15 is 0 Å². The van der Waals surface area contributed by atoms with Crippen LogP contribution >= 0.6 is 0 Å². The summed E-state index contributed by atoms with van der Waals surface area (Å²) in [5.74, 6) is 1.13. The second-order valence-electron chi connectivity index (χ2n) is 5.50. The lowest BCUT2D eigenvalue weighted by Crippen LogP contribution is -2.30. The Bertz CT molecular complexity index is 524. The van der Waals surface area contributed by atoms with Crippen LogP contribution in [0.1, 0.15) is 44.0 Å². The average molecular weight is 274 g/mol. The largest absolute Gasteiger partial charge is 0.448 e. The van der Waals surface area contributed by atoms with Crippen molar-refractivity contribution in [2.45, 2.75) is 45.7 Å². The fraction of sp³-hybridized carbons (Fsp3) is 0.533. The predicted octanol–water partition coefficient (Wildman–Crippen LogP) is 2.65. The lowest BCUT2D eigenvalue weighted by Gasteiger charge is -2.23. The molecule has 5 heteroatoms. The van der Waals surface area contributed by atoms with E-state index in [1.165, 1.54) is 0 Å². The molecule has 0 radical (unpaired) electrons. The van der Waals surface area contributed by atoms with Crippen LogP contribution in [-0.2, 0) is 13.0 Å². The molecule has 2 heterocycles. The number of oxazole rings is 1. The summed E-state index contributed by atoms with van der Waals surface area (Å²) in [7, 11) is 2.09. The SMILES string of the molecule is CC(C)c1nc(CN(C)C(C)Cc2cnccn2)co1. The van der Waals surface area contributed by atoms with E-state index in [0.717, 1.165) is 30.2 Å².